The lowest BCUT2D eigenvalue weighted by Crippen LogP contribution is -2.30. The zero-order valence-corrected chi connectivity index (χ0v) is 11.9. The molecule has 3 nitrogen and oxygen atoms in total. The Bertz CT molecular complexity index is 566. The van der Waals surface area contributed by atoms with E-state index in [1.807, 2.05) is 62.4 Å². The van der Waals surface area contributed by atoms with E-state index in [9.17, 15) is 4.79 Å². The molecule has 1 amide bonds. The van der Waals surface area contributed by atoms with E-state index in [0.29, 0.717) is 24.5 Å². The summed E-state index contributed by atoms with van der Waals surface area (Å²) in [6.07, 6.45) is 0. The molecule has 0 heterocycles. The number of ether oxygens (including phenoxy) is 1. The third-order valence-electron chi connectivity index (χ3n) is 3.05. The first-order chi connectivity index (χ1) is 9.77. The first-order valence-electron chi connectivity index (χ1n) is 6.86. The van der Waals surface area contributed by atoms with Gasteiger partial charge >= 0.3 is 0 Å². The van der Waals surface area contributed by atoms with E-state index in [4.69, 9.17) is 4.74 Å². The molecule has 0 aliphatic heterocycles. The fraction of sp³-hybridized carbons (Fsp3) is 0.235. The summed E-state index contributed by atoms with van der Waals surface area (Å²) >= 11 is 0. The van der Waals surface area contributed by atoms with Gasteiger partial charge in [-0.05, 0) is 38.1 Å². The Morgan fingerprint density at radius 1 is 1.00 bits per heavy atom. The monoisotopic (exact) mass is 269 g/mol. The van der Waals surface area contributed by atoms with Crippen molar-refractivity contribution in [3.05, 3.63) is 60.2 Å². The number of nitrogens with zero attached hydrogens (tertiary/aromatic N) is 1. The van der Waals surface area contributed by atoms with Crippen LogP contribution in [0, 0.1) is 0 Å². The summed E-state index contributed by atoms with van der Waals surface area (Å²) in [5, 5.41) is 0. The number of benzene rings is 2. The van der Waals surface area contributed by atoms with Gasteiger partial charge in [0.05, 0.1) is 12.2 Å². The molecular formula is C17H19NO2. The second kappa shape index (κ2) is 6.75. The highest BCUT2D eigenvalue weighted by Gasteiger charge is 2.19. The number of amides is 1. The number of rotatable bonds is 5. The van der Waals surface area contributed by atoms with Gasteiger partial charge in [0.2, 0.25) is 0 Å². The zero-order chi connectivity index (χ0) is 14.4. The van der Waals surface area contributed by atoms with E-state index in [1.165, 1.54) is 0 Å². The van der Waals surface area contributed by atoms with Crippen LogP contribution >= 0.6 is 0 Å². The van der Waals surface area contributed by atoms with Crippen molar-refractivity contribution in [2.75, 3.05) is 18.1 Å². The summed E-state index contributed by atoms with van der Waals surface area (Å²) in [7, 11) is 0. The van der Waals surface area contributed by atoms with E-state index >= 15 is 0 Å². The molecule has 0 saturated heterocycles. The molecule has 0 spiro atoms. The summed E-state index contributed by atoms with van der Waals surface area (Å²) in [5.74, 6) is 0.595. The van der Waals surface area contributed by atoms with Crippen LogP contribution in [0.25, 0.3) is 0 Å². The molecule has 2 aromatic carbocycles. The number of carbonyl (C=O) groups is 1. The number of para-hydroxylation sites is 2. The van der Waals surface area contributed by atoms with Crippen molar-refractivity contribution in [3.63, 3.8) is 0 Å². The van der Waals surface area contributed by atoms with Gasteiger partial charge in [-0.3, -0.25) is 4.79 Å². The Balaban J connectivity index is 2.34. The van der Waals surface area contributed by atoms with Gasteiger partial charge < -0.3 is 9.64 Å². The quantitative estimate of drug-likeness (QED) is 0.827. The van der Waals surface area contributed by atoms with Gasteiger partial charge in [-0.15, -0.1) is 0 Å². The first kappa shape index (κ1) is 14.1. The maximum atomic E-state index is 12.7. The second-order valence-electron chi connectivity index (χ2n) is 4.31. The fourth-order valence-corrected chi connectivity index (χ4v) is 2.12. The van der Waals surface area contributed by atoms with Crippen LogP contribution in [0.15, 0.2) is 54.6 Å². The Morgan fingerprint density at radius 2 is 1.65 bits per heavy atom. The highest BCUT2D eigenvalue weighted by molar-refractivity contribution is 6.07. The van der Waals surface area contributed by atoms with Crippen LogP contribution in [0.1, 0.15) is 24.2 Å². The molecule has 20 heavy (non-hydrogen) atoms. The van der Waals surface area contributed by atoms with Gasteiger partial charge in [-0.1, -0.05) is 30.3 Å². The standard InChI is InChI=1S/C17H19NO2/c1-3-18(14-10-6-5-7-11-14)17(19)15-12-8-9-13-16(15)20-4-2/h5-13H,3-4H2,1-2H3. The van der Waals surface area contributed by atoms with Crippen LogP contribution in [-0.4, -0.2) is 19.1 Å². The molecule has 2 aromatic rings. The second-order valence-corrected chi connectivity index (χ2v) is 4.31. The van der Waals surface area contributed by atoms with Gasteiger partial charge in [-0.25, -0.2) is 0 Å². The van der Waals surface area contributed by atoms with E-state index in [1.54, 1.807) is 11.0 Å². The molecule has 3 heteroatoms. The van der Waals surface area contributed by atoms with Crippen molar-refractivity contribution in [2.45, 2.75) is 13.8 Å². The van der Waals surface area contributed by atoms with Crippen molar-refractivity contribution in [2.24, 2.45) is 0 Å². The third-order valence-corrected chi connectivity index (χ3v) is 3.05. The number of hydrogen-bond acceptors (Lipinski definition) is 2. The minimum atomic E-state index is -0.0391. The Kier molecular flexibility index (Phi) is 4.77. The van der Waals surface area contributed by atoms with Crippen LogP contribution in [-0.2, 0) is 0 Å². The van der Waals surface area contributed by atoms with E-state index in [0.717, 1.165) is 5.69 Å². The molecule has 0 atom stereocenters. The molecule has 0 bridgehead atoms. The van der Waals surface area contributed by atoms with Crippen LogP contribution < -0.4 is 9.64 Å². The van der Waals surface area contributed by atoms with Gasteiger partial charge in [0, 0.05) is 12.2 Å². The van der Waals surface area contributed by atoms with Gasteiger partial charge in [0.25, 0.3) is 5.91 Å². The molecule has 0 saturated carbocycles. The third kappa shape index (κ3) is 2.99. The predicted molar refractivity (Wildman–Crippen MR) is 81.4 cm³/mol. The highest BCUT2D eigenvalue weighted by Crippen LogP contribution is 2.23. The molecule has 0 aliphatic carbocycles. The molecule has 104 valence electrons. The van der Waals surface area contributed by atoms with Gasteiger partial charge in [0.1, 0.15) is 5.75 Å². The molecule has 0 aliphatic rings. The molecule has 2 rings (SSSR count). The number of hydrogen-bond donors (Lipinski definition) is 0. The average Bonchev–Trinajstić information content (AvgIpc) is 2.50. The molecule has 0 fully saturated rings. The van der Waals surface area contributed by atoms with Crippen molar-refractivity contribution in [3.8, 4) is 5.75 Å². The van der Waals surface area contributed by atoms with Crippen LogP contribution in [0.2, 0.25) is 0 Å². The molecule has 0 aromatic heterocycles. The van der Waals surface area contributed by atoms with E-state index in [-0.39, 0.29) is 5.91 Å². The minimum Gasteiger partial charge on any atom is -0.493 e. The lowest BCUT2D eigenvalue weighted by atomic mass is 10.1. The maximum absolute atomic E-state index is 12.7. The molecule has 0 unspecified atom stereocenters. The van der Waals surface area contributed by atoms with Gasteiger partial charge in [-0.2, -0.15) is 0 Å². The van der Waals surface area contributed by atoms with E-state index in [2.05, 4.69) is 0 Å². The van der Waals surface area contributed by atoms with Crippen LogP contribution in [0.4, 0.5) is 5.69 Å². The van der Waals surface area contributed by atoms with Crippen LogP contribution in [0.3, 0.4) is 0 Å². The maximum Gasteiger partial charge on any atom is 0.262 e. The normalized spacial score (nSPS) is 10.1. The number of anilines is 1. The molecule has 0 N–H and O–H groups in total. The average molecular weight is 269 g/mol. The summed E-state index contributed by atoms with van der Waals surface area (Å²) in [4.78, 5) is 14.5. The van der Waals surface area contributed by atoms with Crippen molar-refractivity contribution in [1.29, 1.82) is 0 Å². The van der Waals surface area contributed by atoms with Crippen molar-refractivity contribution >= 4 is 11.6 Å². The smallest absolute Gasteiger partial charge is 0.262 e. The van der Waals surface area contributed by atoms with Crippen molar-refractivity contribution in [1.82, 2.24) is 0 Å². The fourth-order valence-electron chi connectivity index (χ4n) is 2.12. The van der Waals surface area contributed by atoms with Gasteiger partial charge in [0.15, 0.2) is 0 Å². The molecule has 0 radical (unpaired) electrons. The zero-order valence-electron chi connectivity index (χ0n) is 11.9. The number of carbonyl (C=O) groups excluding carboxylic acids is 1. The first-order valence-corrected chi connectivity index (χ1v) is 6.86. The largest absolute Gasteiger partial charge is 0.493 e. The summed E-state index contributed by atoms with van der Waals surface area (Å²) < 4.78 is 5.54. The lowest BCUT2D eigenvalue weighted by Gasteiger charge is -2.22. The predicted octanol–water partition coefficient (Wildman–Crippen LogP) is 3.75. The van der Waals surface area contributed by atoms with Crippen molar-refractivity contribution < 1.29 is 9.53 Å². The Morgan fingerprint density at radius 3 is 2.30 bits per heavy atom. The van der Waals surface area contributed by atoms with E-state index < -0.39 is 0 Å². The Hall–Kier alpha value is -2.29. The highest BCUT2D eigenvalue weighted by atomic mass is 16.5. The Labute approximate surface area is 119 Å². The topological polar surface area (TPSA) is 29.5 Å². The summed E-state index contributed by atoms with van der Waals surface area (Å²) in [5.41, 5.74) is 1.49. The SMILES string of the molecule is CCOc1ccccc1C(=O)N(CC)c1ccccc1. The molecular weight excluding hydrogens is 250 g/mol. The minimum absolute atomic E-state index is 0.0391. The lowest BCUT2D eigenvalue weighted by molar-refractivity contribution is 0.0984. The summed E-state index contributed by atoms with van der Waals surface area (Å²) in [6.45, 7) is 5.04. The summed E-state index contributed by atoms with van der Waals surface area (Å²) in [6, 6.07) is 17.0. The van der Waals surface area contributed by atoms with Crippen LogP contribution in [0.5, 0.6) is 5.75 Å².